The van der Waals surface area contributed by atoms with Gasteiger partial charge in [0.2, 0.25) is 0 Å². The van der Waals surface area contributed by atoms with Gasteiger partial charge in [0.15, 0.2) is 5.13 Å². The Bertz CT molecular complexity index is 932. The lowest BCUT2D eigenvalue weighted by Crippen LogP contribution is -2.54. The highest BCUT2D eigenvalue weighted by atomic mass is 32.1. The molecule has 0 spiro atoms. The summed E-state index contributed by atoms with van der Waals surface area (Å²) in [5.41, 5.74) is 1.59. The average molecular weight is 420 g/mol. The van der Waals surface area contributed by atoms with Crippen LogP contribution in [-0.2, 0) is 4.74 Å². The number of carbonyl (C=O) groups excluding carboxylic acids is 1. The van der Waals surface area contributed by atoms with E-state index in [0.29, 0.717) is 25.2 Å². The Kier molecular flexibility index (Phi) is 5.76. The largest absolute Gasteiger partial charge is 0.478 e. The van der Waals surface area contributed by atoms with E-state index >= 15 is 0 Å². The molecule has 1 saturated heterocycles. The smallest absolute Gasteiger partial charge is 0.410 e. The molecule has 1 fully saturated rings. The van der Waals surface area contributed by atoms with Crippen molar-refractivity contribution in [1.29, 1.82) is 0 Å². The first kappa shape index (κ1) is 21.4. The van der Waals surface area contributed by atoms with Gasteiger partial charge in [-0.3, -0.25) is 0 Å². The monoisotopic (exact) mass is 419 g/mol. The van der Waals surface area contributed by atoms with E-state index in [9.17, 15) is 14.7 Å². The molecule has 1 unspecified atom stereocenters. The first-order valence-corrected chi connectivity index (χ1v) is 10.7. The van der Waals surface area contributed by atoms with E-state index in [-0.39, 0.29) is 18.1 Å². The third kappa shape index (κ3) is 4.63. The van der Waals surface area contributed by atoms with Gasteiger partial charge in [0.1, 0.15) is 5.60 Å². The quantitative estimate of drug-likeness (QED) is 0.785. The predicted molar refractivity (Wildman–Crippen MR) is 115 cm³/mol. The zero-order valence-corrected chi connectivity index (χ0v) is 18.7. The number of carbonyl (C=O) groups is 2. The van der Waals surface area contributed by atoms with Crippen LogP contribution in [0.3, 0.4) is 0 Å². The maximum absolute atomic E-state index is 12.4. The van der Waals surface area contributed by atoms with Crippen LogP contribution in [0.5, 0.6) is 0 Å². The molecule has 1 aromatic carbocycles. The SMILES string of the molecule is CC(C)c1cc(C(=O)O)cc2sc(N3CCN(C(=O)OC(C)(C)C)CC3C)nc12. The maximum atomic E-state index is 12.4. The highest BCUT2D eigenvalue weighted by Crippen LogP contribution is 2.36. The van der Waals surface area contributed by atoms with Crippen molar-refractivity contribution in [3.05, 3.63) is 23.3 Å². The van der Waals surface area contributed by atoms with Crippen molar-refractivity contribution in [1.82, 2.24) is 9.88 Å². The van der Waals surface area contributed by atoms with Crippen LogP contribution in [0.2, 0.25) is 0 Å². The summed E-state index contributed by atoms with van der Waals surface area (Å²) in [6.07, 6.45) is -0.290. The van der Waals surface area contributed by atoms with Crippen molar-refractivity contribution in [2.45, 2.75) is 59.1 Å². The minimum absolute atomic E-state index is 0.0817. The Morgan fingerprint density at radius 1 is 1.28 bits per heavy atom. The van der Waals surface area contributed by atoms with Crippen molar-refractivity contribution < 1.29 is 19.4 Å². The second kappa shape index (κ2) is 7.82. The predicted octanol–water partition coefficient (Wildman–Crippen LogP) is 4.56. The number of ether oxygens (including phenoxy) is 1. The Labute approximate surface area is 175 Å². The van der Waals surface area contributed by atoms with E-state index < -0.39 is 11.6 Å². The lowest BCUT2D eigenvalue weighted by Gasteiger charge is -2.40. The molecule has 8 heteroatoms. The van der Waals surface area contributed by atoms with Gasteiger partial charge in [-0.05, 0) is 51.3 Å². The molecule has 1 aliphatic heterocycles. The van der Waals surface area contributed by atoms with Crippen LogP contribution in [0.15, 0.2) is 12.1 Å². The van der Waals surface area contributed by atoms with Gasteiger partial charge in [0, 0.05) is 25.7 Å². The van der Waals surface area contributed by atoms with E-state index in [1.54, 1.807) is 17.0 Å². The standard InChI is InChI=1S/C21H29N3O4S/c1-12(2)15-9-14(18(25)26)10-16-17(15)22-19(29-16)24-8-7-23(11-13(24)3)20(27)28-21(4,5)6/h9-10,12-13H,7-8,11H2,1-6H3,(H,25,26). The van der Waals surface area contributed by atoms with Gasteiger partial charge in [-0.1, -0.05) is 25.2 Å². The molecule has 158 valence electrons. The van der Waals surface area contributed by atoms with Crippen LogP contribution in [0.4, 0.5) is 9.93 Å². The zero-order valence-electron chi connectivity index (χ0n) is 17.9. The van der Waals surface area contributed by atoms with E-state index in [4.69, 9.17) is 9.72 Å². The summed E-state index contributed by atoms with van der Waals surface area (Å²) in [5, 5.41) is 10.3. The van der Waals surface area contributed by atoms with Crippen molar-refractivity contribution in [2.24, 2.45) is 0 Å². The van der Waals surface area contributed by atoms with E-state index in [1.807, 2.05) is 34.6 Å². The molecule has 1 N–H and O–H groups in total. The summed E-state index contributed by atoms with van der Waals surface area (Å²) in [6, 6.07) is 3.51. The number of thiazole rings is 1. The molecule has 7 nitrogen and oxygen atoms in total. The minimum Gasteiger partial charge on any atom is -0.478 e. The molecule has 1 amide bonds. The molecule has 0 saturated carbocycles. The average Bonchev–Trinajstić information content (AvgIpc) is 3.02. The number of carboxylic acid groups (broad SMARTS) is 1. The molecular formula is C21H29N3O4S. The van der Waals surface area contributed by atoms with Crippen LogP contribution >= 0.6 is 11.3 Å². The molecule has 2 aromatic rings. The molecule has 3 rings (SSSR count). The number of hydrogen-bond acceptors (Lipinski definition) is 6. The van der Waals surface area contributed by atoms with Gasteiger partial charge in [0.05, 0.1) is 15.8 Å². The third-order valence-corrected chi connectivity index (χ3v) is 5.95. The fourth-order valence-corrected chi connectivity index (χ4v) is 4.63. The Morgan fingerprint density at radius 2 is 1.97 bits per heavy atom. The summed E-state index contributed by atoms with van der Waals surface area (Å²) >= 11 is 1.51. The highest BCUT2D eigenvalue weighted by molar-refractivity contribution is 7.22. The molecule has 29 heavy (non-hydrogen) atoms. The van der Waals surface area contributed by atoms with Crippen molar-refractivity contribution in [2.75, 3.05) is 24.5 Å². The molecule has 2 heterocycles. The van der Waals surface area contributed by atoms with E-state index in [0.717, 1.165) is 20.9 Å². The topological polar surface area (TPSA) is 83.0 Å². The van der Waals surface area contributed by atoms with Crippen LogP contribution in [0, 0.1) is 0 Å². The van der Waals surface area contributed by atoms with Crippen LogP contribution in [0.25, 0.3) is 10.2 Å². The van der Waals surface area contributed by atoms with Gasteiger partial charge in [-0.15, -0.1) is 0 Å². The first-order valence-electron chi connectivity index (χ1n) is 9.88. The van der Waals surface area contributed by atoms with E-state index in [1.165, 1.54) is 11.3 Å². The second-order valence-electron chi connectivity index (χ2n) is 8.84. The van der Waals surface area contributed by atoms with Crippen molar-refractivity contribution in [3.63, 3.8) is 0 Å². The molecule has 0 aliphatic carbocycles. The molecule has 1 atom stereocenters. The molecule has 0 radical (unpaired) electrons. The Hall–Kier alpha value is -2.35. The van der Waals surface area contributed by atoms with E-state index in [2.05, 4.69) is 11.8 Å². The lowest BCUT2D eigenvalue weighted by molar-refractivity contribution is 0.0218. The fourth-order valence-electron chi connectivity index (χ4n) is 3.46. The number of carboxylic acids is 1. The summed E-state index contributed by atoms with van der Waals surface area (Å²) in [4.78, 5) is 32.7. The number of anilines is 1. The fraction of sp³-hybridized carbons (Fsp3) is 0.571. The summed E-state index contributed by atoms with van der Waals surface area (Å²) in [7, 11) is 0. The second-order valence-corrected chi connectivity index (χ2v) is 9.85. The van der Waals surface area contributed by atoms with Crippen LogP contribution in [-0.4, -0.2) is 58.3 Å². The third-order valence-electron chi connectivity index (χ3n) is 4.91. The van der Waals surface area contributed by atoms with Crippen molar-refractivity contribution >= 4 is 38.7 Å². The Balaban J connectivity index is 1.85. The van der Waals surface area contributed by atoms with Gasteiger partial charge in [-0.2, -0.15) is 0 Å². The number of benzene rings is 1. The van der Waals surface area contributed by atoms with Crippen molar-refractivity contribution in [3.8, 4) is 0 Å². The zero-order chi connectivity index (χ0) is 21.5. The number of piperazine rings is 1. The highest BCUT2D eigenvalue weighted by Gasteiger charge is 2.31. The number of amides is 1. The lowest BCUT2D eigenvalue weighted by atomic mass is 9.99. The molecule has 1 aliphatic rings. The normalized spacial score (nSPS) is 17.8. The maximum Gasteiger partial charge on any atom is 0.410 e. The number of fused-ring (bicyclic) bond motifs is 1. The minimum atomic E-state index is -0.928. The molecule has 0 bridgehead atoms. The first-order chi connectivity index (χ1) is 13.5. The number of aromatic nitrogens is 1. The number of aromatic carboxylic acids is 1. The number of rotatable bonds is 3. The van der Waals surface area contributed by atoms with Crippen LogP contribution in [0.1, 0.15) is 63.4 Å². The van der Waals surface area contributed by atoms with Crippen LogP contribution < -0.4 is 4.90 Å². The Morgan fingerprint density at radius 3 is 2.52 bits per heavy atom. The molecular weight excluding hydrogens is 390 g/mol. The summed E-state index contributed by atoms with van der Waals surface area (Å²) < 4.78 is 6.37. The van der Waals surface area contributed by atoms with Gasteiger partial charge in [0.25, 0.3) is 0 Å². The summed E-state index contributed by atoms with van der Waals surface area (Å²) in [6.45, 7) is 13.5. The van der Waals surface area contributed by atoms with Gasteiger partial charge in [-0.25, -0.2) is 14.6 Å². The number of nitrogens with zero attached hydrogens (tertiary/aromatic N) is 3. The number of hydrogen-bond donors (Lipinski definition) is 1. The molecule has 1 aromatic heterocycles. The van der Waals surface area contributed by atoms with Gasteiger partial charge < -0.3 is 19.6 Å². The van der Waals surface area contributed by atoms with Gasteiger partial charge >= 0.3 is 12.1 Å². The summed E-state index contributed by atoms with van der Waals surface area (Å²) in [5.74, 6) is -0.753.